The molecule has 0 fully saturated rings. The van der Waals surface area contributed by atoms with Gasteiger partial charge in [0.25, 0.3) is 0 Å². The van der Waals surface area contributed by atoms with Gasteiger partial charge in [-0.05, 0) is 56.2 Å². The minimum atomic E-state index is -0.534. The summed E-state index contributed by atoms with van der Waals surface area (Å²) in [6.07, 6.45) is 0. The molecular formula is C19H17ClFNO2S. The van der Waals surface area contributed by atoms with Crippen molar-refractivity contribution in [3.63, 3.8) is 0 Å². The van der Waals surface area contributed by atoms with E-state index < -0.39 is 11.8 Å². The van der Waals surface area contributed by atoms with E-state index in [0.29, 0.717) is 21.5 Å². The molecule has 0 saturated carbocycles. The van der Waals surface area contributed by atoms with Crippen LogP contribution in [0.15, 0.2) is 40.1 Å². The summed E-state index contributed by atoms with van der Waals surface area (Å²) in [5, 5.41) is 0.711. The van der Waals surface area contributed by atoms with Crippen molar-refractivity contribution in [3.05, 3.63) is 58.0 Å². The molecule has 0 bridgehead atoms. The fourth-order valence-corrected chi connectivity index (χ4v) is 4.13. The first-order valence-electron chi connectivity index (χ1n) is 7.83. The topological polar surface area (TPSA) is 42.1 Å². The van der Waals surface area contributed by atoms with Crippen LogP contribution in [0.5, 0.6) is 0 Å². The summed E-state index contributed by atoms with van der Waals surface area (Å²) in [6, 6.07) is 8.99. The van der Waals surface area contributed by atoms with Crippen molar-refractivity contribution in [3.8, 4) is 0 Å². The highest BCUT2D eigenvalue weighted by molar-refractivity contribution is 7.99. The van der Waals surface area contributed by atoms with Gasteiger partial charge in [0.05, 0.1) is 22.0 Å². The molecule has 0 aliphatic rings. The molecule has 0 aliphatic carbocycles. The Bertz CT molecular complexity index is 947. The Labute approximate surface area is 154 Å². The van der Waals surface area contributed by atoms with Gasteiger partial charge in [0.15, 0.2) is 0 Å². The van der Waals surface area contributed by atoms with E-state index in [1.54, 1.807) is 6.92 Å². The Hall–Kier alpha value is -1.98. The number of ether oxygens (including phenoxy) is 1. The number of hydrogen-bond acceptors (Lipinski definition) is 3. The van der Waals surface area contributed by atoms with E-state index in [1.807, 2.05) is 26.0 Å². The molecule has 3 aromatic rings. The normalized spacial score (nSPS) is 11.1. The molecule has 0 radical (unpaired) electrons. The number of H-pyrrole nitrogens is 1. The van der Waals surface area contributed by atoms with E-state index in [-0.39, 0.29) is 11.6 Å². The van der Waals surface area contributed by atoms with Crippen molar-refractivity contribution < 1.29 is 13.9 Å². The third-order valence-electron chi connectivity index (χ3n) is 3.69. The Balaban J connectivity index is 2.17. The fourth-order valence-electron chi connectivity index (χ4n) is 2.73. The van der Waals surface area contributed by atoms with Gasteiger partial charge in [0.2, 0.25) is 0 Å². The number of carbonyl (C=O) groups is 1. The highest BCUT2D eigenvalue weighted by Crippen LogP contribution is 2.39. The van der Waals surface area contributed by atoms with Crippen molar-refractivity contribution in [2.45, 2.75) is 30.6 Å². The third-order valence-corrected chi connectivity index (χ3v) is 5.08. The van der Waals surface area contributed by atoms with Gasteiger partial charge in [0, 0.05) is 10.3 Å². The zero-order chi connectivity index (χ0) is 18.1. The zero-order valence-corrected chi connectivity index (χ0v) is 15.6. The Morgan fingerprint density at radius 2 is 1.88 bits per heavy atom. The quantitative estimate of drug-likeness (QED) is 0.575. The average molecular weight is 378 g/mol. The molecule has 0 amide bonds. The number of esters is 1. The lowest BCUT2D eigenvalue weighted by Crippen LogP contribution is -2.06. The number of fused-ring (bicyclic) bond motifs is 1. The van der Waals surface area contributed by atoms with Gasteiger partial charge in [-0.3, -0.25) is 0 Å². The first kappa shape index (κ1) is 17.8. The molecule has 6 heteroatoms. The van der Waals surface area contributed by atoms with E-state index in [9.17, 15) is 9.18 Å². The molecule has 3 nitrogen and oxygen atoms in total. The zero-order valence-electron chi connectivity index (χ0n) is 14.1. The monoisotopic (exact) mass is 377 g/mol. The van der Waals surface area contributed by atoms with Crippen LogP contribution in [0.4, 0.5) is 4.39 Å². The smallest absolute Gasteiger partial charge is 0.355 e. The summed E-state index contributed by atoms with van der Waals surface area (Å²) in [4.78, 5) is 17.0. The number of aromatic amines is 1. The molecule has 2 aromatic carbocycles. The van der Waals surface area contributed by atoms with Gasteiger partial charge >= 0.3 is 5.97 Å². The molecule has 1 heterocycles. The number of halogens is 2. The Kier molecular flexibility index (Phi) is 5.06. The summed E-state index contributed by atoms with van der Waals surface area (Å²) in [6.45, 7) is 6.04. The molecule has 3 rings (SSSR count). The maximum atomic E-state index is 13.8. The lowest BCUT2D eigenvalue weighted by atomic mass is 10.2. The molecule has 0 saturated heterocycles. The molecule has 130 valence electrons. The highest BCUT2D eigenvalue weighted by Gasteiger charge is 2.21. The maximum Gasteiger partial charge on any atom is 0.355 e. The minimum absolute atomic E-state index is 0.0178. The summed E-state index contributed by atoms with van der Waals surface area (Å²) in [7, 11) is 0. The molecule has 0 atom stereocenters. The van der Waals surface area contributed by atoms with E-state index >= 15 is 0 Å². The van der Waals surface area contributed by atoms with E-state index in [4.69, 9.17) is 16.3 Å². The lowest BCUT2D eigenvalue weighted by molar-refractivity contribution is 0.0516. The van der Waals surface area contributed by atoms with Gasteiger partial charge in [-0.15, -0.1) is 0 Å². The minimum Gasteiger partial charge on any atom is -0.461 e. The Morgan fingerprint density at radius 1 is 1.20 bits per heavy atom. The largest absolute Gasteiger partial charge is 0.461 e. The number of aryl methyl sites for hydroxylation is 2. The van der Waals surface area contributed by atoms with Crippen LogP contribution >= 0.6 is 23.4 Å². The maximum absolute atomic E-state index is 13.8. The van der Waals surface area contributed by atoms with Crippen LogP contribution in [-0.2, 0) is 4.74 Å². The van der Waals surface area contributed by atoms with Crippen LogP contribution in [0.3, 0.4) is 0 Å². The van der Waals surface area contributed by atoms with E-state index in [2.05, 4.69) is 11.1 Å². The van der Waals surface area contributed by atoms with E-state index in [0.717, 1.165) is 16.0 Å². The predicted molar refractivity (Wildman–Crippen MR) is 99.3 cm³/mol. The van der Waals surface area contributed by atoms with Crippen molar-refractivity contribution in [2.24, 2.45) is 0 Å². The third kappa shape index (κ3) is 3.67. The average Bonchev–Trinajstić information content (AvgIpc) is 2.85. The molecule has 1 aromatic heterocycles. The van der Waals surface area contributed by atoms with Crippen molar-refractivity contribution >= 4 is 40.2 Å². The number of benzene rings is 2. The molecule has 1 N–H and O–H groups in total. The molecule has 25 heavy (non-hydrogen) atoms. The van der Waals surface area contributed by atoms with Crippen LogP contribution in [0.1, 0.15) is 28.5 Å². The second kappa shape index (κ2) is 7.10. The number of carbonyl (C=O) groups excluding carboxylic acids is 1. The SMILES string of the molecule is CCOC(=O)c1[nH]c2cc(F)c(Cl)cc2c1Sc1cc(C)cc(C)c1. The standard InChI is InChI=1S/C19H17ClFNO2S/c1-4-24-19(23)17-18(25-12-6-10(2)5-11(3)7-12)13-8-14(20)15(21)9-16(13)22-17/h5-9,22H,4H2,1-3H3. The molecular weight excluding hydrogens is 361 g/mol. The van der Waals surface area contributed by atoms with Crippen molar-refractivity contribution in [1.82, 2.24) is 4.98 Å². The van der Waals surface area contributed by atoms with Crippen LogP contribution in [-0.4, -0.2) is 17.6 Å². The molecule has 0 spiro atoms. The summed E-state index contributed by atoms with van der Waals surface area (Å²) in [5.41, 5.74) is 3.08. The van der Waals surface area contributed by atoms with Crippen LogP contribution in [0, 0.1) is 19.7 Å². The van der Waals surface area contributed by atoms with Crippen LogP contribution in [0.2, 0.25) is 5.02 Å². The first-order valence-corrected chi connectivity index (χ1v) is 9.02. The second-order valence-electron chi connectivity index (χ2n) is 5.79. The van der Waals surface area contributed by atoms with Crippen LogP contribution < -0.4 is 0 Å². The number of aromatic nitrogens is 1. The van der Waals surface area contributed by atoms with E-state index in [1.165, 1.54) is 23.9 Å². The highest BCUT2D eigenvalue weighted by atomic mass is 35.5. The number of hydrogen-bond donors (Lipinski definition) is 1. The summed E-state index contributed by atoms with van der Waals surface area (Å²) in [5.74, 6) is -1.00. The molecule has 0 aliphatic heterocycles. The number of rotatable bonds is 4. The predicted octanol–water partition coefficient (Wildman–Crippen LogP) is 5.91. The van der Waals surface area contributed by atoms with Gasteiger partial charge in [0.1, 0.15) is 11.5 Å². The van der Waals surface area contributed by atoms with Crippen molar-refractivity contribution in [2.75, 3.05) is 6.61 Å². The van der Waals surface area contributed by atoms with Gasteiger partial charge < -0.3 is 9.72 Å². The summed E-state index contributed by atoms with van der Waals surface area (Å²) < 4.78 is 18.9. The van der Waals surface area contributed by atoms with Crippen LogP contribution in [0.25, 0.3) is 10.9 Å². The van der Waals surface area contributed by atoms with Gasteiger partial charge in [-0.2, -0.15) is 0 Å². The summed E-state index contributed by atoms with van der Waals surface area (Å²) >= 11 is 7.38. The second-order valence-corrected chi connectivity index (χ2v) is 7.28. The lowest BCUT2D eigenvalue weighted by Gasteiger charge is -2.07. The Morgan fingerprint density at radius 3 is 2.52 bits per heavy atom. The van der Waals surface area contributed by atoms with Gasteiger partial charge in [-0.25, -0.2) is 9.18 Å². The van der Waals surface area contributed by atoms with Crippen molar-refractivity contribution in [1.29, 1.82) is 0 Å². The molecule has 0 unspecified atom stereocenters. The number of nitrogens with one attached hydrogen (secondary N) is 1. The first-order chi connectivity index (χ1) is 11.9. The van der Waals surface area contributed by atoms with Gasteiger partial charge in [-0.1, -0.05) is 29.4 Å². The fraction of sp³-hybridized carbons (Fsp3) is 0.211.